The molecule has 0 aliphatic rings. The summed E-state index contributed by atoms with van der Waals surface area (Å²) in [6.45, 7) is 0. The lowest BCUT2D eigenvalue weighted by Gasteiger charge is -2.11. The van der Waals surface area contributed by atoms with Crippen LogP contribution in [0.2, 0.25) is 0 Å². The number of ether oxygens (including phenoxy) is 2. The zero-order chi connectivity index (χ0) is 21.8. The Labute approximate surface area is 187 Å². The number of nitrogens with zero attached hydrogens (tertiary/aromatic N) is 3. The summed E-state index contributed by atoms with van der Waals surface area (Å²) in [7, 11) is 3.21. The van der Waals surface area contributed by atoms with Gasteiger partial charge in [0.25, 0.3) is 0 Å². The molecule has 0 bridgehead atoms. The Kier molecular flexibility index (Phi) is 6.34. The van der Waals surface area contributed by atoms with Gasteiger partial charge in [0.15, 0.2) is 16.7 Å². The van der Waals surface area contributed by atoms with Crippen molar-refractivity contribution in [3.63, 3.8) is 0 Å². The van der Waals surface area contributed by atoms with E-state index < -0.39 is 5.97 Å². The van der Waals surface area contributed by atoms with Crippen LogP contribution in [0.5, 0.6) is 11.5 Å². The maximum atomic E-state index is 10.7. The molecule has 0 aliphatic heterocycles. The minimum absolute atomic E-state index is 0.0388. The molecule has 4 aromatic rings. The Hall–Kier alpha value is -3.17. The molecule has 0 amide bonds. The second-order valence-corrected chi connectivity index (χ2v) is 8.49. The lowest BCUT2D eigenvalue weighted by Crippen LogP contribution is -1.97. The second-order valence-electron chi connectivity index (χ2n) is 6.41. The van der Waals surface area contributed by atoms with Gasteiger partial charge in [-0.2, -0.15) is 0 Å². The van der Waals surface area contributed by atoms with Gasteiger partial charge in [-0.3, -0.25) is 9.20 Å². The highest BCUT2D eigenvalue weighted by atomic mass is 32.2. The summed E-state index contributed by atoms with van der Waals surface area (Å²) in [4.78, 5) is 21.9. The predicted molar refractivity (Wildman–Crippen MR) is 120 cm³/mol. The molecule has 0 radical (unpaired) electrons. The number of rotatable bonds is 8. The fourth-order valence-electron chi connectivity index (χ4n) is 2.96. The summed E-state index contributed by atoms with van der Waals surface area (Å²) in [5, 5.41) is 9.60. The van der Waals surface area contributed by atoms with Crippen molar-refractivity contribution in [3.05, 3.63) is 60.9 Å². The highest BCUT2D eigenvalue weighted by Gasteiger charge is 2.13. The molecule has 2 aromatic heterocycles. The maximum absolute atomic E-state index is 10.7. The molecule has 9 heteroatoms. The van der Waals surface area contributed by atoms with E-state index in [4.69, 9.17) is 19.6 Å². The van der Waals surface area contributed by atoms with Gasteiger partial charge in [0.1, 0.15) is 5.65 Å². The molecule has 31 heavy (non-hydrogen) atoms. The smallest absolute Gasteiger partial charge is 0.313 e. The highest BCUT2D eigenvalue weighted by molar-refractivity contribution is 8.00. The van der Waals surface area contributed by atoms with Crippen LogP contribution in [0.3, 0.4) is 0 Å². The van der Waals surface area contributed by atoms with Crippen molar-refractivity contribution in [2.75, 3.05) is 20.0 Å². The molecule has 158 valence electrons. The minimum Gasteiger partial charge on any atom is -0.493 e. The van der Waals surface area contributed by atoms with Gasteiger partial charge in [0.2, 0.25) is 0 Å². The van der Waals surface area contributed by atoms with Gasteiger partial charge in [-0.05, 0) is 42.5 Å². The van der Waals surface area contributed by atoms with Crippen molar-refractivity contribution in [1.29, 1.82) is 0 Å². The van der Waals surface area contributed by atoms with E-state index in [1.165, 1.54) is 23.5 Å². The van der Waals surface area contributed by atoms with Crippen LogP contribution in [0, 0.1) is 0 Å². The van der Waals surface area contributed by atoms with Crippen molar-refractivity contribution in [1.82, 2.24) is 14.4 Å². The summed E-state index contributed by atoms with van der Waals surface area (Å²) < 4.78 is 12.7. The van der Waals surface area contributed by atoms with E-state index in [0.29, 0.717) is 11.5 Å². The third-order valence-electron chi connectivity index (χ3n) is 4.43. The zero-order valence-corrected chi connectivity index (χ0v) is 18.4. The van der Waals surface area contributed by atoms with Crippen molar-refractivity contribution < 1.29 is 19.4 Å². The number of benzene rings is 2. The van der Waals surface area contributed by atoms with Gasteiger partial charge in [0.05, 0.1) is 25.7 Å². The zero-order valence-electron chi connectivity index (χ0n) is 16.8. The maximum Gasteiger partial charge on any atom is 0.313 e. The minimum atomic E-state index is -0.831. The van der Waals surface area contributed by atoms with Gasteiger partial charge >= 0.3 is 5.97 Å². The molecule has 0 atom stereocenters. The number of hydrogen-bond acceptors (Lipinski definition) is 7. The summed E-state index contributed by atoms with van der Waals surface area (Å²) >= 11 is 2.80. The predicted octanol–water partition coefficient (Wildman–Crippen LogP) is 4.74. The monoisotopic (exact) mass is 453 g/mol. The number of thioether (sulfide) groups is 1. The van der Waals surface area contributed by atoms with Crippen LogP contribution in [0.1, 0.15) is 0 Å². The van der Waals surface area contributed by atoms with Crippen LogP contribution < -0.4 is 9.47 Å². The number of hydrogen-bond donors (Lipinski definition) is 1. The molecular formula is C22H19N3O4S2. The number of aromatic nitrogens is 3. The van der Waals surface area contributed by atoms with E-state index in [-0.39, 0.29) is 5.75 Å². The van der Waals surface area contributed by atoms with E-state index in [2.05, 4.69) is 4.98 Å². The van der Waals surface area contributed by atoms with Crippen molar-refractivity contribution in [3.8, 4) is 22.8 Å². The van der Waals surface area contributed by atoms with E-state index in [9.17, 15) is 4.79 Å². The van der Waals surface area contributed by atoms with E-state index in [1.807, 2.05) is 59.1 Å². The molecule has 2 aromatic carbocycles. The van der Waals surface area contributed by atoms with Gasteiger partial charge < -0.3 is 14.6 Å². The summed E-state index contributed by atoms with van der Waals surface area (Å²) in [5.74, 6) is 0.497. The van der Waals surface area contributed by atoms with Gasteiger partial charge in [-0.1, -0.05) is 11.8 Å². The Balaban J connectivity index is 1.66. The summed E-state index contributed by atoms with van der Waals surface area (Å²) in [6.07, 6.45) is 3.62. The van der Waals surface area contributed by atoms with Crippen LogP contribution in [0.15, 0.2) is 75.9 Å². The number of carboxylic acids is 1. The standard InChI is InChI=1S/C22H19N3O4S2/c1-28-18-8-3-14(11-19(18)29-2)17-12-20-23-9-10-25(20)22(24-17)31-16-6-4-15(5-7-16)30-13-21(26)27/h3-12H,13H2,1-2H3,(H,26,27). The van der Waals surface area contributed by atoms with Crippen LogP contribution in [0.4, 0.5) is 0 Å². The van der Waals surface area contributed by atoms with Crippen LogP contribution in [-0.2, 0) is 4.79 Å². The molecule has 0 saturated heterocycles. The van der Waals surface area contributed by atoms with Crippen LogP contribution in [-0.4, -0.2) is 45.4 Å². The number of carbonyl (C=O) groups is 1. The lowest BCUT2D eigenvalue weighted by atomic mass is 10.1. The lowest BCUT2D eigenvalue weighted by molar-refractivity contribution is -0.133. The second kappa shape index (κ2) is 9.32. The van der Waals surface area contributed by atoms with Gasteiger partial charge in [-0.15, -0.1) is 11.8 Å². The topological polar surface area (TPSA) is 86.0 Å². The first-order chi connectivity index (χ1) is 15.1. The number of methoxy groups -OCH3 is 2. The summed E-state index contributed by atoms with van der Waals surface area (Å²) in [6, 6.07) is 15.4. The molecule has 2 heterocycles. The first-order valence-electron chi connectivity index (χ1n) is 9.26. The Morgan fingerprint density at radius 1 is 1.03 bits per heavy atom. The molecule has 0 saturated carbocycles. The fourth-order valence-corrected chi connectivity index (χ4v) is 4.46. The van der Waals surface area contributed by atoms with E-state index >= 15 is 0 Å². The summed E-state index contributed by atoms with van der Waals surface area (Å²) in [5.41, 5.74) is 2.46. The Morgan fingerprint density at radius 2 is 1.77 bits per heavy atom. The Morgan fingerprint density at radius 3 is 2.48 bits per heavy atom. The van der Waals surface area contributed by atoms with Crippen molar-refractivity contribution in [2.24, 2.45) is 0 Å². The molecule has 0 aliphatic carbocycles. The third-order valence-corrected chi connectivity index (χ3v) is 6.41. The quantitative estimate of drug-likeness (QED) is 0.302. The molecule has 1 N–H and O–H groups in total. The fraction of sp³-hybridized carbons (Fsp3) is 0.136. The van der Waals surface area contributed by atoms with Gasteiger partial charge in [0, 0.05) is 33.8 Å². The average Bonchev–Trinajstić information content (AvgIpc) is 3.27. The van der Waals surface area contributed by atoms with Crippen molar-refractivity contribution >= 4 is 35.1 Å². The molecule has 4 rings (SSSR count). The first-order valence-corrected chi connectivity index (χ1v) is 11.1. The van der Waals surface area contributed by atoms with E-state index in [1.54, 1.807) is 20.4 Å². The third kappa shape index (κ3) is 4.78. The number of carboxylic acid groups (broad SMARTS) is 1. The molecule has 7 nitrogen and oxygen atoms in total. The van der Waals surface area contributed by atoms with Crippen LogP contribution >= 0.6 is 23.5 Å². The largest absolute Gasteiger partial charge is 0.493 e. The molecule has 0 unspecified atom stereocenters. The SMILES string of the molecule is COc1ccc(-c2cc3nccn3c(Sc3ccc(SCC(=O)O)cc3)n2)cc1OC. The van der Waals surface area contributed by atoms with Crippen molar-refractivity contribution in [2.45, 2.75) is 14.9 Å². The number of aliphatic carboxylic acids is 1. The first kappa shape index (κ1) is 21.1. The average molecular weight is 454 g/mol. The highest BCUT2D eigenvalue weighted by Crippen LogP contribution is 2.34. The molecular weight excluding hydrogens is 434 g/mol. The normalized spacial score (nSPS) is 10.9. The van der Waals surface area contributed by atoms with Crippen LogP contribution in [0.25, 0.3) is 16.9 Å². The van der Waals surface area contributed by atoms with Gasteiger partial charge in [-0.25, -0.2) is 9.97 Å². The van der Waals surface area contributed by atoms with E-state index in [0.717, 1.165) is 31.9 Å². The number of fused-ring (bicyclic) bond motifs is 1. The number of imidazole rings is 1. The molecule has 0 fully saturated rings. The molecule has 0 spiro atoms. The Bertz CT molecular complexity index is 1230.